The summed E-state index contributed by atoms with van der Waals surface area (Å²) in [5.41, 5.74) is 6.92. The molecule has 0 aliphatic heterocycles. The van der Waals surface area contributed by atoms with Crippen LogP contribution in [0, 0.1) is 6.92 Å². The van der Waals surface area contributed by atoms with E-state index in [1.807, 2.05) is 12.3 Å². The first kappa shape index (κ1) is 13.8. The summed E-state index contributed by atoms with van der Waals surface area (Å²) in [5, 5.41) is 6.71. The first-order valence-corrected chi connectivity index (χ1v) is 7.34. The van der Waals surface area contributed by atoms with Gasteiger partial charge in [-0.1, -0.05) is 0 Å². The summed E-state index contributed by atoms with van der Waals surface area (Å²) in [6.45, 7) is 4.53. The van der Waals surface area contributed by atoms with E-state index in [4.69, 9.17) is 10.5 Å². The van der Waals surface area contributed by atoms with Crippen LogP contribution in [-0.2, 0) is 11.3 Å². The third-order valence-electron chi connectivity index (χ3n) is 2.29. The number of nitrogens with one attached hydrogen (secondary N) is 1. The van der Waals surface area contributed by atoms with Crippen molar-refractivity contribution in [3.63, 3.8) is 0 Å². The third kappa shape index (κ3) is 3.21. The van der Waals surface area contributed by atoms with Crippen molar-refractivity contribution in [2.45, 2.75) is 20.4 Å². The van der Waals surface area contributed by atoms with E-state index in [2.05, 4.69) is 14.7 Å². The zero-order chi connectivity index (χ0) is 13.8. The molecule has 3 N–H and O–H groups in total. The van der Waals surface area contributed by atoms with Crippen molar-refractivity contribution >= 4 is 39.7 Å². The molecule has 19 heavy (non-hydrogen) atoms. The van der Waals surface area contributed by atoms with E-state index < -0.39 is 5.97 Å². The summed E-state index contributed by atoms with van der Waals surface area (Å²) in [5.74, 6) is -0.258. The van der Waals surface area contributed by atoms with Crippen LogP contribution >= 0.6 is 22.9 Å². The fourth-order valence-corrected chi connectivity index (χ4v) is 2.79. The maximum absolute atomic E-state index is 11.8. The molecule has 0 saturated carbocycles. The fourth-order valence-electron chi connectivity index (χ4n) is 1.48. The van der Waals surface area contributed by atoms with Gasteiger partial charge in [0.05, 0.1) is 23.9 Å². The molecule has 0 aliphatic rings. The lowest BCUT2D eigenvalue weighted by Crippen LogP contribution is -2.10. The maximum Gasteiger partial charge on any atom is 0.344 e. The van der Waals surface area contributed by atoms with Crippen LogP contribution in [0.1, 0.15) is 28.0 Å². The first-order chi connectivity index (χ1) is 9.11. The molecule has 2 aromatic heterocycles. The Bertz CT molecular complexity index is 579. The number of esters is 1. The van der Waals surface area contributed by atoms with Gasteiger partial charge in [-0.3, -0.25) is 0 Å². The van der Waals surface area contributed by atoms with Gasteiger partial charge in [0, 0.05) is 5.38 Å². The average molecular weight is 298 g/mol. The fraction of sp³-hybridized carbons (Fsp3) is 0.364. The van der Waals surface area contributed by atoms with E-state index in [-0.39, 0.29) is 5.82 Å². The lowest BCUT2D eigenvalue weighted by Gasteiger charge is -2.05. The van der Waals surface area contributed by atoms with Gasteiger partial charge in [0.15, 0.2) is 5.82 Å². The SMILES string of the molecule is CCOC(=O)c1c(N)nsc1NCc1csc(C)n1. The van der Waals surface area contributed by atoms with Gasteiger partial charge >= 0.3 is 5.97 Å². The molecule has 0 saturated heterocycles. The number of rotatable bonds is 5. The summed E-state index contributed by atoms with van der Waals surface area (Å²) < 4.78 is 8.93. The number of aryl methyl sites for hydroxylation is 1. The number of anilines is 2. The Balaban J connectivity index is 2.10. The minimum atomic E-state index is -0.453. The van der Waals surface area contributed by atoms with Crippen molar-refractivity contribution in [1.29, 1.82) is 0 Å². The Labute approximate surface area is 118 Å². The molecular formula is C11H14N4O2S2. The van der Waals surface area contributed by atoms with Gasteiger partial charge in [-0.2, -0.15) is 4.37 Å². The highest BCUT2D eigenvalue weighted by Crippen LogP contribution is 2.28. The van der Waals surface area contributed by atoms with Crippen molar-refractivity contribution in [3.8, 4) is 0 Å². The molecule has 0 radical (unpaired) electrons. The van der Waals surface area contributed by atoms with E-state index in [1.54, 1.807) is 18.3 Å². The number of ether oxygens (including phenoxy) is 1. The number of thiazole rings is 1. The molecule has 0 fully saturated rings. The number of nitrogens with zero attached hydrogens (tertiary/aromatic N) is 2. The van der Waals surface area contributed by atoms with E-state index >= 15 is 0 Å². The molecular weight excluding hydrogens is 284 g/mol. The molecule has 8 heteroatoms. The molecule has 0 unspecified atom stereocenters. The molecule has 2 aromatic rings. The lowest BCUT2D eigenvalue weighted by molar-refractivity contribution is 0.0529. The van der Waals surface area contributed by atoms with Crippen molar-refractivity contribution < 1.29 is 9.53 Å². The third-order valence-corrected chi connectivity index (χ3v) is 3.94. The quantitative estimate of drug-likeness (QED) is 0.823. The van der Waals surface area contributed by atoms with Crippen LogP contribution in [0.15, 0.2) is 5.38 Å². The highest BCUT2D eigenvalue weighted by Gasteiger charge is 2.20. The maximum atomic E-state index is 11.8. The van der Waals surface area contributed by atoms with Crippen LogP contribution in [0.2, 0.25) is 0 Å². The Hall–Kier alpha value is -1.67. The molecule has 0 atom stereocenters. The van der Waals surface area contributed by atoms with Gasteiger partial charge in [0.1, 0.15) is 10.6 Å². The van der Waals surface area contributed by atoms with Crippen molar-refractivity contribution in [2.24, 2.45) is 0 Å². The van der Waals surface area contributed by atoms with Crippen LogP contribution in [0.5, 0.6) is 0 Å². The predicted molar refractivity (Wildman–Crippen MR) is 76.7 cm³/mol. The number of nitrogens with two attached hydrogens (primary N) is 1. The smallest absolute Gasteiger partial charge is 0.344 e. The molecule has 0 aromatic carbocycles. The zero-order valence-corrected chi connectivity index (χ0v) is 12.2. The van der Waals surface area contributed by atoms with Gasteiger partial charge < -0.3 is 15.8 Å². The Kier molecular flexibility index (Phi) is 4.33. The van der Waals surface area contributed by atoms with Crippen LogP contribution in [0.3, 0.4) is 0 Å². The molecule has 0 spiro atoms. The highest BCUT2D eigenvalue weighted by molar-refractivity contribution is 7.11. The average Bonchev–Trinajstić information content (AvgIpc) is 2.93. The van der Waals surface area contributed by atoms with E-state index in [9.17, 15) is 4.79 Å². The van der Waals surface area contributed by atoms with Gasteiger partial charge in [-0.15, -0.1) is 11.3 Å². The van der Waals surface area contributed by atoms with Crippen LogP contribution in [0.4, 0.5) is 10.8 Å². The van der Waals surface area contributed by atoms with Gasteiger partial charge in [0.25, 0.3) is 0 Å². The van der Waals surface area contributed by atoms with Crippen molar-refractivity contribution in [3.05, 3.63) is 21.6 Å². The number of nitrogen functional groups attached to an aromatic ring is 1. The number of aromatic nitrogens is 2. The van der Waals surface area contributed by atoms with Crippen LogP contribution in [-0.4, -0.2) is 21.9 Å². The second kappa shape index (κ2) is 5.98. The minimum Gasteiger partial charge on any atom is -0.462 e. The summed E-state index contributed by atoms with van der Waals surface area (Å²) in [7, 11) is 0. The van der Waals surface area contributed by atoms with Crippen LogP contribution in [0.25, 0.3) is 0 Å². The standard InChI is InChI=1S/C11H14N4O2S2/c1-3-17-11(16)8-9(12)15-19-10(8)13-4-7-5-18-6(2)14-7/h5,13H,3-4H2,1-2H3,(H2,12,15). The molecule has 2 rings (SSSR count). The molecule has 102 valence electrons. The van der Waals surface area contributed by atoms with E-state index in [1.165, 1.54) is 0 Å². The Morgan fingerprint density at radius 1 is 1.58 bits per heavy atom. The van der Waals surface area contributed by atoms with Gasteiger partial charge in [-0.05, 0) is 25.4 Å². The monoisotopic (exact) mass is 298 g/mol. The minimum absolute atomic E-state index is 0.195. The second-order valence-electron chi connectivity index (χ2n) is 3.70. The van der Waals surface area contributed by atoms with Gasteiger partial charge in [0.2, 0.25) is 0 Å². The molecule has 0 bridgehead atoms. The second-order valence-corrected chi connectivity index (χ2v) is 5.54. The Morgan fingerprint density at radius 2 is 2.37 bits per heavy atom. The van der Waals surface area contributed by atoms with Gasteiger partial charge in [-0.25, -0.2) is 9.78 Å². The van der Waals surface area contributed by atoms with E-state index in [0.29, 0.717) is 23.7 Å². The predicted octanol–water partition coefficient (Wildman–Crippen LogP) is 2.28. The Morgan fingerprint density at radius 3 is 3.00 bits per heavy atom. The number of hydrogen-bond acceptors (Lipinski definition) is 8. The lowest BCUT2D eigenvalue weighted by atomic mass is 10.3. The number of carbonyl (C=O) groups excluding carboxylic acids is 1. The molecule has 0 amide bonds. The normalized spacial score (nSPS) is 10.4. The summed E-state index contributed by atoms with van der Waals surface area (Å²) in [4.78, 5) is 16.1. The first-order valence-electron chi connectivity index (χ1n) is 5.69. The molecule has 6 nitrogen and oxygen atoms in total. The van der Waals surface area contributed by atoms with Crippen molar-refractivity contribution in [2.75, 3.05) is 17.7 Å². The van der Waals surface area contributed by atoms with Crippen LogP contribution < -0.4 is 11.1 Å². The largest absolute Gasteiger partial charge is 0.462 e. The number of hydrogen-bond donors (Lipinski definition) is 2. The highest BCUT2D eigenvalue weighted by atomic mass is 32.1. The molecule has 0 aliphatic carbocycles. The summed E-state index contributed by atoms with van der Waals surface area (Å²) in [6.07, 6.45) is 0. The topological polar surface area (TPSA) is 90.1 Å². The number of carbonyl (C=O) groups is 1. The summed E-state index contributed by atoms with van der Waals surface area (Å²) in [6, 6.07) is 0. The molecule has 2 heterocycles. The zero-order valence-electron chi connectivity index (χ0n) is 10.6. The summed E-state index contributed by atoms with van der Waals surface area (Å²) >= 11 is 2.73. The van der Waals surface area contributed by atoms with Crippen molar-refractivity contribution in [1.82, 2.24) is 9.36 Å². The van der Waals surface area contributed by atoms with E-state index in [0.717, 1.165) is 22.2 Å².